The summed E-state index contributed by atoms with van der Waals surface area (Å²) in [5.74, 6) is 0.325. The fraction of sp³-hybridized carbons (Fsp3) is 0.250. The predicted octanol–water partition coefficient (Wildman–Crippen LogP) is 5.85. The van der Waals surface area contributed by atoms with Crippen LogP contribution in [0.25, 0.3) is 10.9 Å². The molecule has 136 valence electrons. The van der Waals surface area contributed by atoms with Crippen molar-refractivity contribution in [2.24, 2.45) is 0 Å². The van der Waals surface area contributed by atoms with Crippen LogP contribution in [0.1, 0.15) is 28.5 Å². The summed E-state index contributed by atoms with van der Waals surface area (Å²) in [6.07, 6.45) is 0. The summed E-state index contributed by atoms with van der Waals surface area (Å²) in [7, 11) is 1.55. The van der Waals surface area contributed by atoms with Crippen LogP contribution in [-0.2, 0) is 6.54 Å². The maximum absolute atomic E-state index is 13.1. The molecule has 0 radical (unpaired) electrons. The molecular formula is C20H20Cl2N2O2. The Kier molecular flexibility index (Phi) is 5.17. The summed E-state index contributed by atoms with van der Waals surface area (Å²) >= 11 is 12.3. The molecule has 3 aromatic rings. The van der Waals surface area contributed by atoms with Crippen molar-refractivity contribution in [3.63, 3.8) is 0 Å². The summed E-state index contributed by atoms with van der Waals surface area (Å²) < 4.78 is 7.35. The second kappa shape index (κ2) is 7.22. The fourth-order valence-electron chi connectivity index (χ4n) is 3.23. The van der Waals surface area contributed by atoms with Gasteiger partial charge in [-0.15, -0.1) is 0 Å². The van der Waals surface area contributed by atoms with Crippen molar-refractivity contribution in [1.29, 1.82) is 0 Å². The number of nitrogens with one attached hydrogen (secondary N) is 1. The number of nitrogens with zero attached hydrogens (tertiary/aromatic N) is 1. The molecule has 1 N–H and O–H groups in total. The van der Waals surface area contributed by atoms with Gasteiger partial charge in [0.2, 0.25) is 0 Å². The zero-order valence-corrected chi connectivity index (χ0v) is 16.6. The molecular weight excluding hydrogens is 371 g/mol. The average Bonchev–Trinajstić information content (AvgIpc) is 2.89. The van der Waals surface area contributed by atoms with Crippen molar-refractivity contribution in [2.75, 3.05) is 12.4 Å². The number of amides is 1. The maximum Gasteiger partial charge on any atom is 0.272 e. The van der Waals surface area contributed by atoms with E-state index in [9.17, 15) is 4.79 Å². The number of methoxy groups -OCH3 is 1. The highest BCUT2D eigenvalue weighted by molar-refractivity contribution is 6.32. The molecule has 0 aliphatic carbocycles. The number of fused-ring (bicyclic) bond motifs is 1. The highest BCUT2D eigenvalue weighted by Gasteiger charge is 2.21. The number of halogens is 2. The lowest BCUT2D eigenvalue weighted by molar-refractivity contribution is 0.101. The lowest BCUT2D eigenvalue weighted by Gasteiger charge is -2.14. The molecule has 1 heterocycles. The predicted molar refractivity (Wildman–Crippen MR) is 108 cm³/mol. The molecule has 4 nitrogen and oxygen atoms in total. The zero-order valence-electron chi connectivity index (χ0n) is 15.1. The van der Waals surface area contributed by atoms with Crippen LogP contribution in [0.2, 0.25) is 10.0 Å². The number of anilines is 1. The van der Waals surface area contributed by atoms with Crippen molar-refractivity contribution in [1.82, 2.24) is 4.57 Å². The van der Waals surface area contributed by atoms with Gasteiger partial charge >= 0.3 is 0 Å². The molecule has 0 bridgehead atoms. The van der Waals surface area contributed by atoms with Gasteiger partial charge in [0.25, 0.3) is 5.91 Å². The number of aromatic nitrogens is 1. The van der Waals surface area contributed by atoms with Crippen LogP contribution in [0.4, 0.5) is 5.69 Å². The van der Waals surface area contributed by atoms with Gasteiger partial charge in [0.05, 0.1) is 12.8 Å². The molecule has 2 aromatic carbocycles. The van der Waals surface area contributed by atoms with Crippen molar-refractivity contribution in [3.05, 3.63) is 57.2 Å². The molecule has 0 aliphatic rings. The normalized spacial score (nSPS) is 11.0. The molecule has 0 aliphatic heterocycles. The number of aryl methyl sites for hydroxylation is 3. The minimum atomic E-state index is -0.198. The van der Waals surface area contributed by atoms with Crippen LogP contribution in [0, 0.1) is 13.8 Å². The van der Waals surface area contributed by atoms with E-state index < -0.39 is 0 Å². The number of benzene rings is 2. The first-order valence-electron chi connectivity index (χ1n) is 8.31. The maximum atomic E-state index is 13.1. The highest BCUT2D eigenvalue weighted by atomic mass is 35.5. The third-order valence-electron chi connectivity index (χ3n) is 4.54. The van der Waals surface area contributed by atoms with Crippen LogP contribution in [-0.4, -0.2) is 17.6 Å². The minimum Gasteiger partial charge on any atom is -0.495 e. The lowest BCUT2D eigenvalue weighted by atomic mass is 10.1. The van der Waals surface area contributed by atoms with E-state index in [1.807, 2.05) is 49.6 Å². The molecule has 1 amide bonds. The van der Waals surface area contributed by atoms with Crippen LogP contribution in [0.5, 0.6) is 5.75 Å². The molecule has 0 unspecified atom stereocenters. The van der Waals surface area contributed by atoms with Crippen molar-refractivity contribution in [3.8, 4) is 5.75 Å². The molecule has 0 saturated carbocycles. The molecule has 26 heavy (non-hydrogen) atoms. The Morgan fingerprint density at radius 2 is 1.92 bits per heavy atom. The van der Waals surface area contributed by atoms with Gasteiger partial charge < -0.3 is 14.6 Å². The summed E-state index contributed by atoms with van der Waals surface area (Å²) in [5.41, 5.74) is 3.94. The third kappa shape index (κ3) is 3.15. The molecule has 0 saturated heterocycles. The standard InChI is InChI=1S/C20H20Cl2N2O2/c1-5-24-17-7-6-13(21)9-14(17)12(3)19(24)20(25)23-16-8-11(2)15(22)10-18(16)26-4/h6-10H,5H2,1-4H3,(H,23,25). The van der Waals surface area contributed by atoms with Crippen LogP contribution in [0.15, 0.2) is 30.3 Å². The smallest absolute Gasteiger partial charge is 0.272 e. The largest absolute Gasteiger partial charge is 0.495 e. The summed E-state index contributed by atoms with van der Waals surface area (Å²) in [6, 6.07) is 9.18. The van der Waals surface area contributed by atoms with E-state index in [1.165, 1.54) is 0 Å². The molecule has 1 aromatic heterocycles. The number of ether oxygens (including phenoxy) is 1. The zero-order chi connectivity index (χ0) is 19.0. The lowest BCUT2D eigenvalue weighted by Crippen LogP contribution is -2.18. The van der Waals surface area contributed by atoms with Gasteiger partial charge in [-0.1, -0.05) is 23.2 Å². The Bertz CT molecular complexity index is 1010. The number of carbonyl (C=O) groups is 1. The molecule has 3 rings (SSSR count). The molecule has 0 spiro atoms. The van der Waals surface area contributed by atoms with E-state index in [-0.39, 0.29) is 5.91 Å². The van der Waals surface area contributed by atoms with Gasteiger partial charge in [-0.05, 0) is 56.2 Å². The third-order valence-corrected chi connectivity index (χ3v) is 5.18. The van der Waals surface area contributed by atoms with Crippen LogP contribution >= 0.6 is 23.2 Å². The number of rotatable bonds is 4. The van der Waals surface area contributed by atoms with Gasteiger partial charge in [-0.2, -0.15) is 0 Å². The fourth-order valence-corrected chi connectivity index (χ4v) is 3.55. The van der Waals surface area contributed by atoms with E-state index in [0.717, 1.165) is 22.0 Å². The number of hydrogen-bond acceptors (Lipinski definition) is 2. The second-order valence-electron chi connectivity index (χ2n) is 6.14. The van der Waals surface area contributed by atoms with E-state index in [2.05, 4.69) is 5.32 Å². The summed E-state index contributed by atoms with van der Waals surface area (Å²) in [6.45, 7) is 6.50. The van der Waals surface area contributed by atoms with E-state index in [1.54, 1.807) is 13.2 Å². The SMILES string of the molecule is CCn1c(C(=O)Nc2cc(C)c(Cl)cc2OC)c(C)c2cc(Cl)ccc21. The van der Waals surface area contributed by atoms with Gasteiger partial charge in [0.1, 0.15) is 11.4 Å². The van der Waals surface area contributed by atoms with E-state index >= 15 is 0 Å². The Balaban J connectivity index is 2.09. The molecule has 6 heteroatoms. The molecule has 0 atom stereocenters. The Hall–Kier alpha value is -2.17. The number of carbonyl (C=O) groups excluding carboxylic acids is 1. The van der Waals surface area contributed by atoms with Crippen molar-refractivity contribution < 1.29 is 9.53 Å². The first-order valence-corrected chi connectivity index (χ1v) is 9.06. The first kappa shape index (κ1) is 18.6. The summed E-state index contributed by atoms with van der Waals surface area (Å²) in [5, 5.41) is 5.18. The average molecular weight is 391 g/mol. The van der Waals surface area contributed by atoms with Crippen molar-refractivity contribution >= 4 is 45.7 Å². The molecule has 0 fully saturated rings. The monoisotopic (exact) mass is 390 g/mol. The Labute approximate surface area is 162 Å². The van der Waals surface area contributed by atoms with Gasteiger partial charge in [-0.25, -0.2) is 0 Å². The quantitative estimate of drug-likeness (QED) is 0.607. The van der Waals surface area contributed by atoms with Gasteiger partial charge in [0, 0.05) is 33.6 Å². The van der Waals surface area contributed by atoms with Gasteiger partial charge in [0.15, 0.2) is 0 Å². The first-order chi connectivity index (χ1) is 12.4. The van der Waals surface area contributed by atoms with Crippen LogP contribution < -0.4 is 10.1 Å². The van der Waals surface area contributed by atoms with E-state index in [4.69, 9.17) is 27.9 Å². The van der Waals surface area contributed by atoms with Crippen molar-refractivity contribution in [2.45, 2.75) is 27.3 Å². The second-order valence-corrected chi connectivity index (χ2v) is 6.98. The Morgan fingerprint density at radius 3 is 2.58 bits per heavy atom. The van der Waals surface area contributed by atoms with Gasteiger partial charge in [-0.3, -0.25) is 4.79 Å². The minimum absolute atomic E-state index is 0.198. The Morgan fingerprint density at radius 1 is 1.19 bits per heavy atom. The highest BCUT2D eigenvalue weighted by Crippen LogP contribution is 2.33. The van der Waals surface area contributed by atoms with Crippen LogP contribution in [0.3, 0.4) is 0 Å². The van der Waals surface area contributed by atoms with E-state index in [0.29, 0.717) is 33.7 Å². The number of hydrogen-bond donors (Lipinski definition) is 1. The summed E-state index contributed by atoms with van der Waals surface area (Å²) in [4.78, 5) is 13.1. The topological polar surface area (TPSA) is 43.3 Å².